The maximum Gasteiger partial charge on any atom is 0.214 e. The lowest BCUT2D eigenvalue weighted by molar-refractivity contribution is -0.186. The molecule has 1 aromatic carbocycles. The molecule has 0 saturated heterocycles. The zero-order valence-corrected chi connectivity index (χ0v) is 8.64. The van der Waals surface area contributed by atoms with E-state index in [4.69, 9.17) is 14.5 Å². The molecule has 6 heteroatoms. The largest absolute Gasteiger partial charge is 0.508 e. The highest BCUT2D eigenvalue weighted by Crippen LogP contribution is 2.40. The lowest BCUT2D eigenvalue weighted by Gasteiger charge is -2.11. The molecule has 6 nitrogen and oxygen atoms in total. The minimum atomic E-state index is -0.0603. The summed E-state index contributed by atoms with van der Waals surface area (Å²) in [5.41, 5.74) is 0. The van der Waals surface area contributed by atoms with Crippen LogP contribution >= 0.6 is 0 Å². The third kappa shape index (κ3) is 2.64. The van der Waals surface area contributed by atoms with Gasteiger partial charge < -0.3 is 19.6 Å². The van der Waals surface area contributed by atoms with Crippen LogP contribution in [-0.4, -0.2) is 26.4 Å². The van der Waals surface area contributed by atoms with Crippen LogP contribution in [0.2, 0.25) is 0 Å². The van der Waals surface area contributed by atoms with Gasteiger partial charge in [-0.1, -0.05) is 0 Å². The van der Waals surface area contributed by atoms with Gasteiger partial charge in [-0.05, 0) is 0 Å². The summed E-state index contributed by atoms with van der Waals surface area (Å²) in [5, 5.41) is 9.34. The summed E-state index contributed by atoms with van der Waals surface area (Å²) in [6, 6.07) is 2.65. The van der Waals surface area contributed by atoms with Crippen molar-refractivity contribution in [1.82, 2.24) is 0 Å². The molecule has 0 radical (unpaired) electrons. The van der Waals surface area contributed by atoms with E-state index in [1.807, 2.05) is 0 Å². The van der Waals surface area contributed by atoms with Crippen molar-refractivity contribution in [2.24, 2.45) is 0 Å². The minimum absolute atomic E-state index is 0.0603. The molecule has 0 amide bonds. The molecule has 1 aromatic rings. The predicted molar refractivity (Wildman–Crippen MR) is 49.9 cm³/mol. The van der Waals surface area contributed by atoms with Gasteiger partial charge in [-0.2, -0.15) is 9.78 Å². The molecule has 84 valence electrons. The van der Waals surface area contributed by atoms with Crippen LogP contribution < -0.4 is 14.5 Å². The van der Waals surface area contributed by atoms with Crippen LogP contribution in [0, 0.1) is 0 Å². The van der Waals surface area contributed by atoms with Gasteiger partial charge in [0, 0.05) is 12.1 Å². The summed E-state index contributed by atoms with van der Waals surface area (Å²) in [5.74, 6) is 0.575. The number of ether oxygens (including phenoxy) is 1. The number of phenolic OH excluding ortho intramolecular Hbond substituents is 1. The Morgan fingerprint density at radius 3 is 1.73 bits per heavy atom. The van der Waals surface area contributed by atoms with E-state index in [1.54, 1.807) is 0 Å². The van der Waals surface area contributed by atoms with Gasteiger partial charge in [0.25, 0.3) is 0 Å². The lowest BCUT2D eigenvalue weighted by atomic mass is 10.3. The molecule has 0 atom stereocenters. The molecule has 0 heterocycles. The fraction of sp³-hybridized carbons (Fsp3) is 0.333. The highest BCUT2D eigenvalue weighted by atomic mass is 17.2. The summed E-state index contributed by atoms with van der Waals surface area (Å²) in [4.78, 5) is 18.5. The molecule has 1 N–H and O–H groups in total. The summed E-state index contributed by atoms with van der Waals surface area (Å²) in [6.07, 6.45) is 0. The Bertz CT molecular complexity index is 297. The van der Waals surface area contributed by atoms with Gasteiger partial charge in [-0.15, -0.1) is 0 Å². The molecule has 0 bridgehead atoms. The van der Waals surface area contributed by atoms with Crippen LogP contribution in [0.4, 0.5) is 0 Å². The second kappa shape index (κ2) is 5.28. The molecular formula is C9H12O6. The molecule has 0 aromatic heterocycles. The molecule has 0 aliphatic rings. The minimum Gasteiger partial charge on any atom is -0.508 e. The van der Waals surface area contributed by atoms with Gasteiger partial charge in [0.2, 0.25) is 17.2 Å². The topological polar surface area (TPSA) is 66.4 Å². The van der Waals surface area contributed by atoms with E-state index in [9.17, 15) is 5.11 Å². The smallest absolute Gasteiger partial charge is 0.214 e. The van der Waals surface area contributed by atoms with Crippen molar-refractivity contribution in [3.63, 3.8) is 0 Å². The third-order valence-corrected chi connectivity index (χ3v) is 1.56. The first-order valence-corrected chi connectivity index (χ1v) is 4.05. The number of benzene rings is 1. The van der Waals surface area contributed by atoms with Crippen LogP contribution in [0.25, 0.3) is 0 Å². The van der Waals surface area contributed by atoms with Crippen molar-refractivity contribution >= 4 is 0 Å². The van der Waals surface area contributed by atoms with Gasteiger partial charge in [-0.25, -0.2) is 0 Å². The van der Waals surface area contributed by atoms with Crippen LogP contribution in [0.3, 0.4) is 0 Å². The normalized spacial score (nSPS) is 9.80. The molecule has 0 unspecified atom stereocenters. The van der Waals surface area contributed by atoms with E-state index in [-0.39, 0.29) is 23.0 Å². The number of phenols is 1. The van der Waals surface area contributed by atoms with Crippen molar-refractivity contribution in [3.05, 3.63) is 12.1 Å². The summed E-state index contributed by atoms with van der Waals surface area (Å²) >= 11 is 0. The summed E-state index contributed by atoms with van der Waals surface area (Å²) in [6.45, 7) is 0. The van der Waals surface area contributed by atoms with Crippen LogP contribution in [0.5, 0.6) is 23.0 Å². The average Bonchev–Trinajstić information content (AvgIpc) is 2.18. The molecular weight excluding hydrogens is 204 g/mol. The molecule has 1 rings (SSSR count). The fourth-order valence-corrected chi connectivity index (χ4v) is 1.07. The predicted octanol–water partition coefficient (Wildman–Crippen LogP) is 1.28. The highest BCUT2D eigenvalue weighted by molar-refractivity contribution is 5.55. The van der Waals surface area contributed by atoms with Gasteiger partial charge in [0.05, 0.1) is 21.3 Å². The van der Waals surface area contributed by atoms with Crippen molar-refractivity contribution in [2.45, 2.75) is 0 Å². The molecule has 0 fully saturated rings. The number of methoxy groups -OCH3 is 1. The zero-order valence-electron chi connectivity index (χ0n) is 8.64. The van der Waals surface area contributed by atoms with Gasteiger partial charge in [-0.3, -0.25) is 0 Å². The quantitative estimate of drug-likeness (QED) is 0.590. The maximum absolute atomic E-state index is 9.34. The van der Waals surface area contributed by atoms with Crippen LogP contribution in [-0.2, 0) is 9.78 Å². The van der Waals surface area contributed by atoms with Crippen LogP contribution in [0.1, 0.15) is 0 Å². The van der Waals surface area contributed by atoms with Gasteiger partial charge >= 0.3 is 0 Å². The van der Waals surface area contributed by atoms with E-state index < -0.39 is 0 Å². The first kappa shape index (κ1) is 11.4. The Kier molecular flexibility index (Phi) is 4.02. The van der Waals surface area contributed by atoms with E-state index >= 15 is 0 Å². The Morgan fingerprint density at radius 2 is 1.40 bits per heavy atom. The molecule has 15 heavy (non-hydrogen) atoms. The SMILES string of the molecule is COOc1cc(O)cc(OOC)c1OC. The summed E-state index contributed by atoms with van der Waals surface area (Å²) < 4.78 is 5.02. The van der Waals surface area contributed by atoms with Gasteiger partial charge in [0.15, 0.2) is 0 Å². The molecule has 0 spiro atoms. The van der Waals surface area contributed by atoms with E-state index in [0.29, 0.717) is 0 Å². The Morgan fingerprint density at radius 1 is 0.933 bits per heavy atom. The van der Waals surface area contributed by atoms with Crippen molar-refractivity contribution in [2.75, 3.05) is 21.3 Å². The van der Waals surface area contributed by atoms with Crippen molar-refractivity contribution < 1.29 is 29.4 Å². The number of hydrogen-bond acceptors (Lipinski definition) is 6. The summed E-state index contributed by atoms with van der Waals surface area (Å²) in [7, 11) is 4.10. The van der Waals surface area contributed by atoms with E-state index in [0.717, 1.165) is 0 Å². The standard InChI is InChI=1S/C9H12O6/c1-11-9-7(14-12-2)4-6(10)5-8(9)15-13-3/h4-5,10H,1-3H3. The fourth-order valence-electron chi connectivity index (χ4n) is 1.07. The second-order valence-electron chi connectivity index (χ2n) is 2.48. The highest BCUT2D eigenvalue weighted by Gasteiger charge is 2.15. The lowest BCUT2D eigenvalue weighted by Crippen LogP contribution is -1.99. The first-order chi connectivity index (χ1) is 7.22. The average molecular weight is 216 g/mol. The number of hydrogen-bond donors (Lipinski definition) is 1. The monoisotopic (exact) mass is 216 g/mol. The number of aromatic hydroxyl groups is 1. The zero-order chi connectivity index (χ0) is 11.3. The molecule has 0 aliphatic carbocycles. The van der Waals surface area contributed by atoms with Crippen molar-refractivity contribution in [3.8, 4) is 23.0 Å². The Hall–Kier alpha value is -1.66. The Balaban J connectivity index is 3.12. The second-order valence-corrected chi connectivity index (χ2v) is 2.48. The van der Waals surface area contributed by atoms with E-state index in [1.165, 1.54) is 33.5 Å². The van der Waals surface area contributed by atoms with Gasteiger partial charge in [0.1, 0.15) is 5.75 Å². The molecule has 0 aliphatic heterocycles. The van der Waals surface area contributed by atoms with Crippen molar-refractivity contribution in [1.29, 1.82) is 0 Å². The first-order valence-electron chi connectivity index (χ1n) is 4.05. The van der Waals surface area contributed by atoms with Crippen LogP contribution in [0.15, 0.2) is 12.1 Å². The Labute approximate surface area is 86.7 Å². The maximum atomic E-state index is 9.34. The molecule has 0 saturated carbocycles. The number of rotatable bonds is 5. The third-order valence-electron chi connectivity index (χ3n) is 1.56. The van der Waals surface area contributed by atoms with E-state index in [2.05, 4.69) is 9.78 Å².